The molecule has 1 aliphatic rings. The maximum atomic E-state index is 10.2. The summed E-state index contributed by atoms with van der Waals surface area (Å²) in [6, 6.07) is 13.8. The van der Waals surface area contributed by atoms with Crippen LogP contribution in [0.1, 0.15) is 25.1 Å². The fourth-order valence-corrected chi connectivity index (χ4v) is 4.31. The number of anilines is 2. The number of nitrogens with one attached hydrogen (secondary N) is 1. The minimum absolute atomic E-state index is 0.599. The van der Waals surface area contributed by atoms with Gasteiger partial charge in [0, 0.05) is 42.6 Å². The van der Waals surface area contributed by atoms with Crippen molar-refractivity contribution >= 4 is 42.7 Å². The lowest BCUT2D eigenvalue weighted by Crippen LogP contribution is -2.18. The monoisotopic (exact) mass is 461 g/mol. The molecule has 0 aliphatic carbocycles. The topological polar surface area (TPSA) is 82.9 Å². The molecule has 0 bridgehead atoms. The summed E-state index contributed by atoms with van der Waals surface area (Å²) in [5.74, 6) is 0.665. The van der Waals surface area contributed by atoms with Crippen molar-refractivity contribution in [2.75, 3.05) is 26.1 Å². The minimum Gasteiger partial charge on any atom is -0.384 e. The molecule has 0 saturated heterocycles. The number of aliphatic imine (C=N–C) groups is 1. The molecule has 0 fully saturated rings. The summed E-state index contributed by atoms with van der Waals surface area (Å²) in [4.78, 5) is 15.8. The van der Waals surface area contributed by atoms with E-state index in [9.17, 15) is 5.11 Å². The first-order valence-corrected chi connectivity index (χ1v) is 12.2. The standard InChI is InChI=1S/C25H28N5O2P/c1-16-23-21(27-15-30(16)4)13-20(17-10-11-22(26-14-17)25(2,3)31)29-24(23)28-18-8-7-9-19(12-18)33(6)32-5/h7-15,31H,1H2,2-6H3,(H,28,29). The van der Waals surface area contributed by atoms with Gasteiger partial charge in [0.05, 0.1) is 37.1 Å². The molecule has 7 nitrogen and oxygen atoms in total. The van der Waals surface area contributed by atoms with E-state index in [0.717, 1.165) is 39.2 Å². The average Bonchev–Trinajstić information content (AvgIpc) is 2.80. The van der Waals surface area contributed by atoms with Gasteiger partial charge in [-0.3, -0.25) is 4.98 Å². The van der Waals surface area contributed by atoms with Crippen LogP contribution in [0.4, 0.5) is 17.2 Å². The number of rotatable bonds is 6. The fraction of sp³-hybridized carbons (Fsp3) is 0.240. The number of nitrogens with zero attached hydrogens (tertiary/aromatic N) is 4. The Balaban J connectivity index is 1.79. The van der Waals surface area contributed by atoms with Crippen LogP contribution in [-0.4, -0.2) is 47.1 Å². The van der Waals surface area contributed by atoms with E-state index in [1.54, 1.807) is 33.5 Å². The van der Waals surface area contributed by atoms with Gasteiger partial charge >= 0.3 is 0 Å². The highest BCUT2D eigenvalue weighted by Crippen LogP contribution is 2.39. The summed E-state index contributed by atoms with van der Waals surface area (Å²) >= 11 is 0. The third-order valence-corrected chi connectivity index (χ3v) is 7.07. The zero-order valence-corrected chi connectivity index (χ0v) is 20.4. The van der Waals surface area contributed by atoms with Crippen molar-refractivity contribution < 1.29 is 9.63 Å². The Labute approximate surface area is 195 Å². The molecule has 0 amide bonds. The Hall–Kier alpha value is -3.12. The van der Waals surface area contributed by atoms with Gasteiger partial charge < -0.3 is 19.8 Å². The highest BCUT2D eigenvalue weighted by molar-refractivity contribution is 7.60. The number of fused-ring (bicyclic) bond motifs is 1. The van der Waals surface area contributed by atoms with Gasteiger partial charge in [0.2, 0.25) is 0 Å². The van der Waals surface area contributed by atoms with E-state index in [-0.39, 0.29) is 0 Å². The van der Waals surface area contributed by atoms with Crippen molar-refractivity contribution in [1.29, 1.82) is 0 Å². The van der Waals surface area contributed by atoms with Crippen molar-refractivity contribution in [2.45, 2.75) is 19.4 Å². The Morgan fingerprint density at radius 2 is 1.97 bits per heavy atom. The molecular formula is C25H28N5O2P. The summed E-state index contributed by atoms with van der Waals surface area (Å²) in [5.41, 5.74) is 4.50. The Bertz CT molecular complexity index is 1220. The van der Waals surface area contributed by atoms with Crippen LogP contribution in [0.2, 0.25) is 0 Å². The van der Waals surface area contributed by atoms with Crippen LogP contribution in [-0.2, 0) is 10.1 Å². The number of aliphatic hydroxyl groups is 1. The molecule has 0 radical (unpaired) electrons. The normalized spacial score (nSPS) is 14.2. The van der Waals surface area contributed by atoms with Crippen molar-refractivity contribution in [1.82, 2.24) is 14.9 Å². The first-order chi connectivity index (χ1) is 15.7. The summed E-state index contributed by atoms with van der Waals surface area (Å²) in [6.07, 6.45) is 3.47. The summed E-state index contributed by atoms with van der Waals surface area (Å²) in [7, 11) is 2.95. The molecule has 1 unspecified atom stereocenters. The third-order valence-electron chi connectivity index (χ3n) is 5.52. The van der Waals surface area contributed by atoms with E-state index in [4.69, 9.17) is 9.51 Å². The molecule has 2 aromatic heterocycles. The molecule has 170 valence electrons. The van der Waals surface area contributed by atoms with Crippen LogP contribution < -0.4 is 10.6 Å². The SMILES string of the molecule is C=C1c2c(cc(-c3ccc(C(C)(C)O)nc3)nc2Nc2cccc(P(C)OC)c2)N=CN1C. The van der Waals surface area contributed by atoms with E-state index in [2.05, 4.69) is 40.7 Å². The maximum Gasteiger partial charge on any atom is 0.142 e. The van der Waals surface area contributed by atoms with E-state index in [0.29, 0.717) is 11.5 Å². The number of aromatic nitrogens is 2. The average molecular weight is 462 g/mol. The second-order valence-electron chi connectivity index (χ2n) is 8.40. The molecule has 3 heterocycles. The molecule has 8 heteroatoms. The van der Waals surface area contributed by atoms with Crippen LogP contribution in [0.15, 0.2) is 60.2 Å². The van der Waals surface area contributed by atoms with Crippen LogP contribution >= 0.6 is 8.15 Å². The number of pyridine rings is 2. The quantitative estimate of drug-likeness (QED) is 0.504. The first-order valence-electron chi connectivity index (χ1n) is 10.5. The summed E-state index contributed by atoms with van der Waals surface area (Å²) in [5, 5.41) is 14.8. The highest BCUT2D eigenvalue weighted by Gasteiger charge is 2.22. The van der Waals surface area contributed by atoms with Crippen molar-refractivity contribution in [3.05, 3.63) is 66.5 Å². The summed E-state index contributed by atoms with van der Waals surface area (Å²) in [6.45, 7) is 9.74. The molecule has 0 spiro atoms. The lowest BCUT2D eigenvalue weighted by atomic mass is 10.0. The number of benzene rings is 1. The van der Waals surface area contributed by atoms with Crippen molar-refractivity contribution in [3.63, 3.8) is 0 Å². The fourth-order valence-electron chi connectivity index (χ4n) is 3.48. The van der Waals surface area contributed by atoms with E-state index >= 15 is 0 Å². The molecule has 0 saturated carbocycles. The third kappa shape index (κ3) is 4.81. The first kappa shape index (κ1) is 23.1. The second-order valence-corrected chi connectivity index (χ2v) is 10.3. The molecule has 1 aromatic carbocycles. The van der Waals surface area contributed by atoms with Gasteiger partial charge in [-0.1, -0.05) is 18.7 Å². The van der Waals surface area contributed by atoms with Gasteiger partial charge in [0.25, 0.3) is 0 Å². The Kier molecular flexibility index (Phi) is 6.30. The predicted octanol–water partition coefficient (Wildman–Crippen LogP) is 4.99. The van der Waals surface area contributed by atoms with Gasteiger partial charge in [-0.05, 0) is 50.8 Å². The number of hydrogen-bond donors (Lipinski definition) is 2. The molecule has 1 aliphatic heterocycles. The second kappa shape index (κ2) is 9.02. The van der Waals surface area contributed by atoms with Crippen LogP contribution in [0.3, 0.4) is 0 Å². The largest absolute Gasteiger partial charge is 0.384 e. The molecule has 1 atom stereocenters. The van der Waals surface area contributed by atoms with Gasteiger partial charge in [0.1, 0.15) is 11.4 Å². The highest BCUT2D eigenvalue weighted by atomic mass is 31.1. The van der Waals surface area contributed by atoms with E-state index in [1.807, 2.05) is 42.3 Å². The molecular weight excluding hydrogens is 433 g/mol. The lowest BCUT2D eigenvalue weighted by Gasteiger charge is -2.25. The minimum atomic E-state index is -1.01. The van der Waals surface area contributed by atoms with Crippen molar-refractivity contribution in [2.24, 2.45) is 4.99 Å². The van der Waals surface area contributed by atoms with Crippen LogP contribution in [0.25, 0.3) is 17.0 Å². The van der Waals surface area contributed by atoms with E-state index in [1.165, 1.54) is 0 Å². The Morgan fingerprint density at radius 1 is 1.18 bits per heavy atom. The molecule has 3 aromatic rings. The zero-order valence-electron chi connectivity index (χ0n) is 19.5. The zero-order chi connectivity index (χ0) is 23.8. The maximum absolute atomic E-state index is 10.2. The lowest BCUT2D eigenvalue weighted by molar-refractivity contribution is 0.0739. The van der Waals surface area contributed by atoms with Crippen LogP contribution in [0, 0.1) is 0 Å². The molecule has 2 N–H and O–H groups in total. The van der Waals surface area contributed by atoms with Gasteiger partial charge in [-0.25, -0.2) is 9.98 Å². The smallest absolute Gasteiger partial charge is 0.142 e. The van der Waals surface area contributed by atoms with Gasteiger partial charge in [0.15, 0.2) is 0 Å². The summed E-state index contributed by atoms with van der Waals surface area (Å²) < 4.78 is 5.53. The van der Waals surface area contributed by atoms with E-state index < -0.39 is 13.7 Å². The predicted molar refractivity (Wildman–Crippen MR) is 137 cm³/mol. The number of hydrogen-bond acceptors (Lipinski definition) is 7. The Morgan fingerprint density at radius 3 is 2.64 bits per heavy atom. The van der Waals surface area contributed by atoms with Crippen molar-refractivity contribution in [3.8, 4) is 11.3 Å². The molecule has 33 heavy (non-hydrogen) atoms. The van der Waals surface area contributed by atoms with Crippen LogP contribution in [0.5, 0.6) is 0 Å². The van der Waals surface area contributed by atoms with Gasteiger partial charge in [-0.15, -0.1) is 0 Å². The van der Waals surface area contributed by atoms with Gasteiger partial charge in [-0.2, -0.15) is 0 Å². The molecule has 4 rings (SSSR count).